The molecule has 0 N–H and O–H groups in total. The first kappa shape index (κ1) is 16.8. The van der Waals surface area contributed by atoms with E-state index in [-0.39, 0.29) is 5.78 Å². The van der Waals surface area contributed by atoms with Gasteiger partial charge in [0.15, 0.2) is 5.78 Å². The van der Waals surface area contributed by atoms with Gasteiger partial charge in [-0.15, -0.1) is 0 Å². The lowest BCUT2D eigenvalue weighted by atomic mass is 10.0. The SMILES string of the molecule is CCN(CC)CCn1c2ccc(Br)cc2c2c3c(ccc21)C(=O)CC3. The Balaban J connectivity index is 1.94. The quantitative estimate of drug-likeness (QED) is 0.602. The molecule has 4 rings (SSSR count). The number of hydrogen-bond donors (Lipinski definition) is 0. The van der Waals surface area contributed by atoms with Crippen LogP contribution in [0.15, 0.2) is 34.8 Å². The lowest BCUT2D eigenvalue weighted by Crippen LogP contribution is -2.26. The van der Waals surface area contributed by atoms with E-state index < -0.39 is 0 Å². The highest BCUT2D eigenvalue weighted by Gasteiger charge is 2.24. The third kappa shape index (κ3) is 2.72. The molecule has 0 bridgehead atoms. The number of carbonyl (C=O) groups is 1. The standard InChI is InChI=1S/C21H23BrN2O/c1-3-23(4-2)11-12-24-18-8-5-14(22)13-17(18)21-16-7-10-20(25)15(16)6-9-19(21)24/h5-6,8-9,13H,3-4,7,10-12H2,1-2H3. The number of Topliss-reactive ketones (excluding diaryl/α,β-unsaturated/α-hetero) is 1. The molecule has 3 nitrogen and oxygen atoms in total. The van der Waals surface area contributed by atoms with Crippen LogP contribution in [0, 0.1) is 0 Å². The van der Waals surface area contributed by atoms with Gasteiger partial charge in [-0.3, -0.25) is 4.79 Å². The second-order valence-electron chi connectivity index (χ2n) is 6.75. The van der Waals surface area contributed by atoms with Crippen LogP contribution in [-0.2, 0) is 13.0 Å². The molecule has 1 aromatic heterocycles. The second kappa shape index (κ2) is 6.58. The van der Waals surface area contributed by atoms with Crippen LogP contribution in [0.2, 0.25) is 0 Å². The van der Waals surface area contributed by atoms with Gasteiger partial charge in [0.05, 0.1) is 0 Å². The van der Waals surface area contributed by atoms with Crippen molar-refractivity contribution in [3.05, 3.63) is 45.9 Å². The third-order valence-electron chi connectivity index (χ3n) is 5.54. The number of ketones is 1. The van der Waals surface area contributed by atoms with Gasteiger partial charge in [-0.1, -0.05) is 29.8 Å². The summed E-state index contributed by atoms with van der Waals surface area (Å²) in [6.45, 7) is 8.58. The highest BCUT2D eigenvalue weighted by atomic mass is 79.9. The molecule has 0 radical (unpaired) electrons. The maximum absolute atomic E-state index is 12.2. The third-order valence-corrected chi connectivity index (χ3v) is 6.03. The van der Waals surface area contributed by atoms with Gasteiger partial charge in [0.1, 0.15) is 0 Å². The molecule has 0 amide bonds. The highest BCUT2D eigenvalue weighted by Crippen LogP contribution is 2.38. The Kier molecular flexibility index (Phi) is 4.42. The van der Waals surface area contributed by atoms with Crippen molar-refractivity contribution in [3.63, 3.8) is 0 Å². The predicted molar refractivity (Wildman–Crippen MR) is 108 cm³/mol. The minimum atomic E-state index is 0.288. The number of aryl methyl sites for hydroxylation is 1. The van der Waals surface area contributed by atoms with Gasteiger partial charge in [0, 0.05) is 51.4 Å². The van der Waals surface area contributed by atoms with E-state index in [2.05, 4.69) is 63.5 Å². The smallest absolute Gasteiger partial charge is 0.163 e. The Morgan fingerprint density at radius 3 is 2.60 bits per heavy atom. The van der Waals surface area contributed by atoms with Crippen LogP contribution in [0.1, 0.15) is 36.2 Å². The van der Waals surface area contributed by atoms with Crippen LogP contribution < -0.4 is 0 Å². The highest BCUT2D eigenvalue weighted by molar-refractivity contribution is 9.10. The van der Waals surface area contributed by atoms with E-state index in [4.69, 9.17) is 0 Å². The van der Waals surface area contributed by atoms with Crippen molar-refractivity contribution in [1.82, 2.24) is 9.47 Å². The summed E-state index contributed by atoms with van der Waals surface area (Å²) >= 11 is 3.62. The van der Waals surface area contributed by atoms with E-state index in [1.807, 2.05) is 6.07 Å². The molecule has 0 atom stereocenters. The van der Waals surface area contributed by atoms with Gasteiger partial charge in [-0.2, -0.15) is 0 Å². The Morgan fingerprint density at radius 2 is 1.84 bits per heavy atom. The number of fused-ring (bicyclic) bond motifs is 5. The molecular formula is C21H23BrN2O. The van der Waals surface area contributed by atoms with Gasteiger partial charge in [0.2, 0.25) is 0 Å². The molecule has 0 aliphatic heterocycles. The average molecular weight is 399 g/mol. The van der Waals surface area contributed by atoms with E-state index >= 15 is 0 Å². The van der Waals surface area contributed by atoms with Crippen molar-refractivity contribution in [2.75, 3.05) is 19.6 Å². The Bertz CT molecular complexity index is 969. The lowest BCUT2D eigenvalue weighted by molar-refractivity contribution is 0.0994. The van der Waals surface area contributed by atoms with Crippen LogP contribution >= 0.6 is 15.9 Å². The van der Waals surface area contributed by atoms with E-state index in [1.165, 1.54) is 27.4 Å². The summed E-state index contributed by atoms with van der Waals surface area (Å²) < 4.78 is 3.52. The molecular weight excluding hydrogens is 376 g/mol. The summed E-state index contributed by atoms with van der Waals surface area (Å²) in [6.07, 6.45) is 1.52. The number of halogens is 1. The van der Waals surface area contributed by atoms with Gasteiger partial charge < -0.3 is 9.47 Å². The average Bonchev–Trinajstić information content (AvgIpc) is 3.14. The zero-order valence-electron chi connectivity index (χ0n) is 14.8. The first-order valence-electron chi connectivity index (χ1n) is 9.13. The molecule has 2 aromatic carbocycles. The summed E-state index contributed by atoms with van der Waals surface area (Å²) in [7, 11) is 0. The molecule has 0 saturated heterocycles. The zero-order chi connectivity index (χ0) is 17.6. The molecule has 3 aromatic rings. The number of benzene rings is 2. The first-order chi connectivity index (χ1) is 12.1. The largest absolute Gasteiger partial charge is 0.339 e. The number of aromatic nitrogens is 1. The molecule has 1 aliphatic carbocycles. The van der Waals surface area contributed by atoms with Crippen molar-refractivity contribution in [2.45, 2.75) is 33.2 Å². The fourth-order valence-corrected chi connectivity index (χ4v) is 4.51. The normalized spacial score (nSPS) is 14.2. The number of likely N-dealkylation sites (N-methyl/N-ethyl adjacent to an activating group) is 1. The minimum Gasteiger partial charge on any atom is -0.339 e. The summed E-state index contributed by atoms with van der Waals surface area (Å²) in [5.74, 6) is 0.288. The van der Waals surface area contributed by atoms with Gasteiger partial charge >= 0.3 is 0 Å². The number of nitrogens with zero attached hydrogens (tertiary/aromatic N) is 2. The Morgan fingerprint density at radius 1 is 1.08 bits per heavy atom. The minimum absolute atomic E-state index is 0.288. The molecule has 130 valence electrons. The molecule has 1 aliphatic rings. The van der Waals surface area contributed by atoms with Crippen molar-refractivity contribution >= 4 is 43.5 Å². The van der Waals surface area contributed by atoms with Crippen molar-refractivity contribution in [2.24, 2.45) is 0 Å². The molecule has 4 heteroatoms. The zero-order valence-corrected chi connectivity index (χ0v) is 16.4. The van der Waals surface area contributed by atoms with Crippen LogP contribution in [0.5, 0.6) is 0 Å². The molecule has 0 fully saturated rings. The summed E-state index contributed by atoms with van der Waals surface area (Å²) in [5.41, 5.74) is 4.69. The van der Waals surface area contributed by atoms with Crippen molar-refractivity contribution in [3.8, 4) is 0 Å². The van der Waals surface area contributed by atoms with Crippen LogP contribution in [0.4, 0.5) is 0 Å². The molecule has 0 unspecified atom stereocenters. The van der Waals surface area contributed by atoms with E-state index in [1.54, 1.807) is 0 Å². The van der Waals surface area contributed by atoms with Crippen LogP contribution in [0.3, 0.4) is 0 Å². The fourth-order valence-electron chi connectivity index (χ4n) is 4.15. The summed E-state index contributed by atoms with van der Waals surface area (Å²) in [6, 6.07) is 10.7. The summed E-state index contributed by atoms with van der Waals surface area (Å²) in [4.78, 5) is 14.6. The van der Waals surface area contributed by atoms with E-state index in [0.29, 0.717) is 6.42 Å². The number of carbonyl (C=O) groups excluding carboxylic acids is 1. The molecule has 0 saturated carbocycles. The lowest BCUT2D eigenvalue weighted by Gasteiger charge is -2.19. The molecule has 1 heterocycles. The van der Waals surface area contributed by atoms with Crippen molar-refractivity contribution < 1.29 is 4.79 Å². The first-order valence-corrected chi connectivity index (χ1v) is 9.92. The Labute approximate surface area is 156 Å². The monoisotopic (exact) mass is 398 g/mol. The van der Waals surface area contributed by atoms with Gasteiger partial charge in [0.25, 0.3) is 0 Å². The van der Waals surface area contributed by atoms with Gasteiger partial charge in [-0.05, 0) is 55.4 Å². The Hall–Kier alpha value is -1.65. The summed E-state index contributed by atoms with van der Waals surface area (Å²) in [5, 5.41) is 2.54. The van der Waals surface area contributed by atoms with E-state index in [9.17, 15) is 4.79 Å². The predicted octanol–water partition coefficient (Wildman–Crippen LogP) is 5.03. The van der Waals surface area contributed by atoms with Gasteiger partial charge in [-0.25, -0.2) is 0 Å². The van der Waals surface area contributed by atoms with E-state index in [0.717, 1.165) is 42.6 Å². The van der Waals surface area contributed by atoms with Crippen molar-refractivity contribution in [1.29, 1.82) is 0 Å². The maximum atomic E-state index is 12.2. The maximum Gasteiger partial charge on any atom is 0.163 e. The number of rotatable bonds is 5. The van der Waals surface area contributed by atoms with Crippen LogP contribution in [0.25, 0.3) is 21.8 Å². The molecule has 25 heavy (non-hydrogen) atoms. The topological polar surface area (TPSA) is 25.2 Å². The number of hydrogen-bond acceptors (Lipinski definition) is 2. The van der Waals surface area contributed by atoms with Crippen LogP contribution in [-0.4, -0.2) is 34.9 Å². The molecule has 0 spiro atoms. The fraction of sp³-hybridized carbons (Fsp3) is 0.381. The second-order valence-corrected chi connectivity index (χ2v) is 7.66.